The molecule has 0 unspecified atom stereocenters. The molecule has 102 valence electrons. The molecule has 2 aliphatic rings. The summed E-state index contributed by atoms with van der Waals surface area (Å²) >= 11 is 0. The predicted molar refractivity (Wildman–Crippen MR) is 74.5 cm³/mol. The van der Waals surface area contributed by atoms with Gasteiger partial charge in [0.25, 0.3) is 5.91 Å². The average molecular weight is 261 g/mol. The molecule has 0 aromatic heterocycles. The van der Waals surface area contributed by atoms with Gasteiger partial charge in [0, 0.05) is 31.0 Å². The van der Waals surface area contributed by atoms with Gasteiger partial charge in [0.1, 0.15) is 0 Å². The molecule has 2 heterocycles. The number of hydrogen-bond donors (Lipinski definition) is 3. The van der Waals surface area contributed by atoms with Crippen LogP contribution >= 0.6 is 0 Å². The maximum absolute atomic E-state index is 12.3. The summed E-state index contributed by atoms with van der Waals surface area (Å²) in [5.41, 5.74) is 2.48. The topological polar surface area (TPSA) is 62.4 Å². The van der Waals surface area contributed by atoms with E-state index in [4.69, 9.17) is 4.74 Å². The molecular weight excluding hydrogens is 242 g/mol. The highest BCUT2D eigenvalue weighted by Gasteiger charge is 2.36. The van der Waals surface area contributed by atoms with Crippen LogP contribution in [0.1, 0.15) is 12.5 Å². The lowest BCUT2D eigenvalue weighted by Crippen LogP contribution is -2.55. The van der Waals surface area contributed by atoms with Gasteiger partial charge in [-0.15, -0.1) is 0 Å². The van der Waals surface area contributed by atoms with Crippen LogP contribution in [0.5, 0.6) is 0 Å². The van der Waals surface area contributed by atoms with E-state index in [1.165, 1.54) is 11.3 Å². The number of carbonyl (C=O) groups is 1. The van der Waals surface area contributed by atoms with Crippen LogP contribution in [-0.2, 0) is 16.0 Å². The zero-order chi connectivity index (χ0) is 13.3. The fourth-order valence-corrected chi connectivity index (χ4v) is 2.52. The zero-order valence-corrected chi connectivity index (χ0v) is 11.1. The molecule has 1 fully saturated rings. The maximum atomic E-state index is 12.3. The van der Waals surface area contributed by atoms with Crippen LogP contribution in [0, 0.1) is 0 Å². The van der Waals surface area contributed by atoms with Crippen molar-refractivity contribution in [2.75, 3.05) is 36.9 Å². The summed E-state index contributed by atoms with van der Waals surface area (Å²) in [4.78, 5) is 12.3. The van der Waals surface area contributed by atoms with E-state index in [1.54, 1.807) is 0 Å². The minimum absolute atomic E-state index is 0.0920. The second-order valence-electron chi connectivity index (χ2n) is 5.26. The molecule has 0 aliphatic carbocycles. The summed E-state index contributed by atoms with van der Waals surface area (Å²) in [7, 11) is 0. The van der Waals surface area contributed by atoms with Crippen LogP contribution in [0.25, 0.3) is 0 Å². The van der Waals surface area contributed by atoms with Crippen molar-refractivity contribution in [1.82, 2.24) is 5.32 Å². The summed E-state index contributed by atoms with van der Waals surface area (Å²) in [5.74, 6) is -0.0920. The first-order chi connectivity index (χ1) is 9.17. The van der Waals surface area contributed by atoms with Gasteiger partial charge in [0.2, 0.25) is 0 Å². The smallest absolute Gasteiger partial charge is 0.257 e. The SMILES string of the molecule is C[C@@]1(C(=O)Nc2ccc3c(c2)CCN3)CNCCO1. The fourth-order valence-electron chi connectivity index (χ4n) is 2.52. The van der Waals surface area contributed by atoms with Crippen LogP contribution in [0.15, 0.2) is 18.2 Å². The number of anilines is 2. The standard InChI is InChI=1S/C14H19N3O2/c1-14(9-15-6-7-19-14)13(18)17-11-2-3-12-10(8-11)4-5-16-12/h2-3,8,15-16H,4-7,9H2,1H3,(H,17,18)/t14-/m0/s1. The molecule has 1 amide bonds. The summed E-state index contributed by atoms with van der Waals surface area (Å²) < 4.78 is 5.61. The number of benzene rings is 1. The van der Waals surface area contributed by atoms with E-state index in [0.717, 1.165) is 25.2 Å². The molecule has 2 aliphatic heterocycles. The van der Waals surface area contributed by atoms with Crippen molar-refractivity contribution in [2.24, 2.45) is 0 Å². The highest BCUT2D eigenvalue weighted by atomic mass is 16.5. The number of carbonyl (C=O) groups excluding carboxylic acids is 1. The Morgan fingerprint density at radius 3 is 3.11 bits per heavy atom. The second kappa shape index (κ2) is 4.83. The number of nitrogens with one attached hydrogen (secondary N) is 3. The number of ether oxygens (including phenoxy) is 1. The van der Waals surface area contributed by atoms with Crippen molar-refractivity contribution in [1.29, 1.82) is 0 Å². The Morgan fingerprint density at radius 2 is 2.32 bits per heavy atom. The first-order valence-electron chi connectivity index (χ1n) is 6.70. The summed E-state index contributed by atoms with van der Waals surface area (Å²) in [6.07, 6.45) is 1.01. The minimum atomic E-state index is -0.782. The third kappa shape index (κ3) is 2.43. The molecule has 1 atom stereocenters. The fraction of sp³-hybridized carbons (Fsp3) is 0.500. The Labute approximate surface area is 112 Å². The van der Waals surface area contributed by atoms with Crippen molar-refractivity contribution in [3.63, 3.8) is 0 Å². The van der Waals surface area contributed by atoms with E-state index in [1.807, 2.05) is 25.1 Å². The first-order valence-corrected chi connectivity index (χ1v) is 6.70. The first kappa shape index (κ1) is 12.4. The summed E-state index contributed by atoms with van der Waals surface area (Å²) in [6, 6.07) is 5.97. The van der Waals surface area contributed by atoms with Gasteiger partial charge in [-0.05, 0) is 37.1 Å². The van der Waals surface area contributed by atoms with Crippen LogP contribution in [0.4, 0.5) is 11.4 Å². The van der Waals surface area contributed by atoms with E-state index >= 15 is 0 Å². The van der Waals surface area contributed by atoms with Gasteiger partial charge >= 0.3 is 0 Å². The lowest BCUT2D eigenvalue weighted by molar-refractivity contribution is -0.142. The number of fused-ring (bicyclic) bond motifs is 1. The Bertz CT molecular complexity index is 495. The summed E-state index contributed by atoms with van der Waals surface area (Å²) in [5, 5.41) is 9.44. The van der Waals surface area contributed by atoms with Crippen molar-refractivity contribution < 1.29 is 9.53 Å². The van der Waals surface area contributed by atoms with Crippen molar-refractivity contribution in [3.05, 3.63) is 23.8 Å². The van der Waals surface area contributed by atoms with Gasteiger partial charge in [0.05, 0.1) is 6.61 Å². The maximum Gasteiger partial charge on any atom is 0.257 e. The van der Waals surface area contributed by atoms with Gasteiger partial charge in [-0.1, -0.05) is 0 Å². The average Bonchev–Trinajstić information content (AvgIpc) is 2.87. The third-order valence-electron chi connectivity index (χ3n) is 3.72. The molecule has 0 spiro atoms. The number of morpholine rings is 1. The lowest BCUT2D eigenvalue weighted by Gasteiger charge is -2.32. The van der Waals surface area contributed by atoms with E-state index in [9.17, 15) is 4.79 Å². The van der Waals surface area contributed by atoms with Crippen molar-refractivity contribution >= 4 is 17.3 Å². The molecule has 3 rings (SSSR count). The molecule has 1 saturated heterocycles. The third-order valence-corrected chi connectivity index (χ3v) is 3.72. The molecule has 1 aromatic rings. The van der Waals surface area contributed by atoms with Crippen LogP contribution < -0.4 is 16.0 Å². The normalized spacial score (nSPS) is 25.5. The molecule has 3 N–H and O–H groups in total. The quantitative estimate of drug-likeness (QED) is 0.742. The molecule has 0 bridgehead atoms. The minimum Gasteiger partial charge on any atom is -0.384 e. The molecule has 19 heavy (non-hydrogen) atoms. The van der Waals surface area contributed by atoms with E-state index in [-0.39, 0.29) is 5.91 Å². The van der Waals surface area contributed by atoms with Crippen molar-refractivity contribution in [2.45, 2.75) is 18.9 Å². The van der Waals surface area contributed by atoms with Gasteiger partial charge in [-0.2, -0.15) is 0 Å². The number of hydrogen-bond acceptors (Lipinski definition) is 4. The second-order valence-corrected chi connectivity index (χ2v) is 5.26. The van der Waals surface area contributed by atoms with Crippen LogP contribution in [0.2, 0.25) is 0 Å². The molecule has 1 aromatic carbocycles. The lowest BCUT2D eigenvalue weighted by atomic mass is 10.0. The van der Waals surface area contributed by atoms with Crippen LogP contribution in [-0.4, -0.2) is 37.7 Å². The van der Waals surface area contributed by atoms with Gasteiger partial charge in [-0.3, -0.25) is 4.79 Å². The predicted octanol–water partition coefficient (Wildman–Crippen LogP) is 0.972. The van der Waals surface area contributed by atoms with Gasteiger partial charge in [0.15, 0.2) is 5.60 Å². The molecular formula is C14H19N3O2. The highest BCUT2D eigenvalue weighted by Crippen LogP contribution is 2.26. The van der Waals surface area contributed by atoms with Gasteiger partial charge < -0.3 is 20.7 Å². The Hall–Kier alpha value is -1.59. The van der Waals surface area contributed by atoms with Crippen molar-refractivity contribution in [3.8, 4) is 0 Å². The molecule has 5 heteroatoms. The number of amides is 1. The molecule has 5 nitrogen and oxygen atoms in total. The highest BCUT2D eigenvalue weighted by molar-refractivity contribution is 5.97. The number of rotatable bonds is 2. The Kier molecular flexibility index (Phi) is 3.16. The van der Waals surface area contributed by atoms with E-state index < -0.39 is 5.60 Å². The van der Waals surface area contributed by atoms with E-state index in [2.05, 4.69) is 16.0 Å². The van der Waals surface area contributed by atoms with Gasteiger partial charge in [-0.25, -0.2) is 0 Å². The molecule has 0 radical (unpaired) electrons. The van der Waals surface area contributed by atoms with Crippen LogP contribution in [0.3, 0.4) is 0 Å². The van der Waals surface area contributed by atoms with E-state index in [0.29, 0.717) is 13.2 Å². The molecule has 0 saturated carbocycles. The monoisotopic (exact) mass is 261 g/mol. The zero-order valence-electron chi connectivity index (χ0n) is 11.1. The summed E-state index contributed by atoms with van der Waals surface area (Å²) in [6.45, 7) is 4.71. The Balaban J connectivity index is 1.72. The largest absolute Gasteiger partial charge is 0.384 e. The Morgan fingerprint density at radius 1 is 1.42 bits per heavy atom.